The third kappa shape index (κ3) is 7.79. The van der Waals surface area contributed by atoms with Crippen molar-refractivity contribution in [2.75, 3.05) is 39.8 Å². The van der Waals surface area contributed by atoms with Gasteiger partial charge in [0.2, 0.25) is 5.89 Å². The Morgan fingerprint density at radius 2 is 1.93 bits per heavy atom. The molecule has 1 aliphatic rings. The third-order valence-electron chi connectivity index (χ3n) is 5.33. The molecule has 1 fully saturated rings. The number of nitrogens with one attached hydrogen (secondary N) is 2. The Kier molecular flexibility index (Phi) is 10.4. The van der Waals surface area contributed by atoms with Gasteiger partial charge in [-0.1, -0.05) is 18.2 Å². The minimum atomic E-state index is 0. The molecule has 0 unspecified atom stereocenters. The van der Waals surface area contributed by atoms with Crippen LogP contribution < -0.4 is 15.4 Å². The fourth-order valence-electron chi connectivity index (χ4n) is 3.46. The first-order valence-electron chi connectivity index (χ1n) is 10.4. The number of aryl methyl sites for hydroxylation is 2. The van der Waals surface area contributed by atoms with Gasteiger partial charge in [-0.15, -0.1) is 24.0 Å². The highest BCUT2D eigenvalue weighted by atomic mass is 127. The summed E-state index contributed by atoms with van der Waals surface area (Å²) in [5, 5.41) is 6.76. The Morgan fingerprint density at radius 1 is 1.20 bits per heavy atom. The van der Waals surface area contributed by atoms with Gasteiger partial charge in [-0.2, -0.15) is 0 Å². The lowest BCUT2D eigenvalue weighted by Gasteiger charge is -2.31. The second-order valence-electron chi connectivity index (χ2n) is 7.51. The van der Waals surface area contributed by atoms with E-state index in [-0.39, 0.29) is 24.0 Å². The summed E-state index contributed by atoms with van der Waals surface area (Å²) < 4.78 is 11.4. The van der Waals surface area contributed by atoms with E-state index in [0.717, 1.165) is 55.2 Å². The molecule has 2 N–H and O–H groups in total. The second-order valence-corrected chi connectivity index (χ2v) is 7.51. The predicted octanol–water partition coefficient (Wildman–Crippen LogP) is 3.37. The summed E-state index contributed by atoms with van der Waals surface area (Å²) in [5.74, 6) is 4.12. The van der Waals surface area contributed by atoms with E-state index in [0.29, 0.717) is 19.1 Å². The number of hydrogen-bond acceptors (Lipinski definition) is 5. The van der Waals surface area contributed by atoms with E-state index in [1.165, 1.54) is 12.8 Å². The van der Waals surface area contributed by atoms with Crippen molar-refractivity contribution in [3.63, 3.8) is 0 Å². The Labute approximate surface area is 196 Å². The topological polar surface area (TPSA) is 74.9 Å². The molecule has 7 nitrogen and oxygen atoms in total. The van der Waals surface area contributed by atoms with Crippen LogP contribution in [0.1, 0.15) is 30.2 Å². The predicted molar refractivity (Wildman–Crippen MR) is 131 cm³/mol. The molecule has 30 heavy (non-hydrogen) atoms. The van der Waals surface area contributed by atoms with E-state index in [9.17, 15) is 0 Å². The summed E-state index contributed by atoms with van der Waals surface area (Å²) in [7, 11) is 1.80. The maximum Gasteiger partial charge on any atom is 0.208 e. The van der Waals surface area contributed by atoms with Gasteiger partial charge < -0.3 is 19.8 Å². The number of benzene rings is 1. The van der Waals surface area contributed by atoms with Gasteiger partial charge in [-0.25, -0.2) is 4.98 Å². The van der Waals surface area contributed by atoms with Crippen LogP contribution in [0.2, 0.25) is 0 Å². The molecule has 0 aliphatic carbocycles. The van der Waals surface area contributed by atoms with Crippen molar-refractivity contribution < 1.29 is 9.15 Å². The van der Waals surface area contributed by atoms with Crippen molar-refractivity contribution in [1.29, 1.82) is 0 Å². The van der Waals surface area contributed by atoms with E-state index in [4.69, 9.17) is 9.15 Å². The zero-order chi connectivity index (χ0) is 20.5. The molecule has 0 saturated carbocycles. The molecular formula is C22H34IN5O2. The summed E-state index contributed by atoms with van der Waals surface area (Å²) in [5.41, 5.74) is 0.993. The highest BCUT2D eigenvalue weighted by molar-refractivity contribution is 14.0. The van der Waals surface area contributed by atoms with Crippen molar-refractivity contribution in [2.24, 2.45) is 10.9 Å². The number of guanidine groups is 1. The zero-order valence-corrected chi connectivity index (χ0v) is 20.5. The monoisotopic (exact) mass is 527 g/mol. The maximum absolute atomic E-state index is 5.71. The smallest absolute Gasteiger partial charge is 0.208 e. The number of piperidine rings is 1. The van der Waals surface area contributed by atoms with Gasteiger partial charge in [0.05, 0.1) is 18.8 Å². The number of nitrogens with zero attached hydrogens (tertiary/aromatic N) is 3. The minimum absolute atomic E-state index is 0. The molecule has 166 valence electrons. The van der Waals surface area contributed by atoms with Gasteiger partial charge in [0.1, 0.15) is 18.1 Å². The highest BCUT2D eigenvalue weighted by Crippen LogP contribution is 2.19. The SMILES string of the molecule is CN=C(NCCOc1ccccc1)NCC1CCN(Cc2nc(C)c(C)o2)CC1.I. The molecule has 1 saturated heterocycles. The number of oxazole rings is 1. The van der Waals surface area contributed by atoms with Crippen LogP contribution in [-0.2, 0) is 6.54 Å². The molecule has 0 amide bonds. The number of aliphatic imine (C=N–C) groups is 1. The Balaban J connectivity index is 0.00000320. The first-order chi connectivity index (χ1) is 14.1. The highest BCUT2D eigenvalue weighted by Gasteiger charge is 2.21. The van der Waals surface area contributed by atoms with E-state index in [1.54, 1.807) is 7.05 Å². The summed E-state index contributed by atoms with van der Waals surface area (Å²) in [6, 6.07) is 9.86. The number of rotatable bonds is 8. The molecule has 0 bridgehead atoms. The molecule has 2 aromatic rings. The van der Waals surface area contributed by atoms with Crippen LogP contribution in [0.5, 0.6) is 5.75 Å². The number of hydrogen-bond donors (Lipinski definition) is 2. The average Bonchev–Trinajstić information content (AvgIpc) is 3.06. The van der Waals surface area contributed by atoms with Crippen LogP contribution in [-0.4, -0.2) is 55.7 Å². The summed E-state index contributed by atoms with van der Waals surface area (Å²) in [6.45, 7) is 9.16. The van der Waals surface area contributed by atoms with Gasteiger partial charge in [-0.05, 0) is 57.8 Å². The number of aromatic nitrogens is 1. The number of para-hydroxylation sites is 1. The molecule has 8 heteroatoms. The Morgan fingerprint density at radius 3 is 2.57 bits per heavy atom. The van der Waals surface area contributed by atoms with Crippen molar-refractivity contribution in [3.8, 4) is 5.75 Å². The van der Waals surface area contributed by atoms with Crippen LogP contribution >= 0.6 is 24.0 Å². The van der Waals surface area contributed by atoms with Crippen molar-refractivity contribution in [3.05, 3.63) is 47.7 Å². The summed E-state index contributed by atoms with van der Waals surface area (Å²) in [6.07, 6.45) is 2.33. The van der Waals surface area contributed by atoms with Crippen molar-refractivity contribution >= 4 is 29.9 Å². The fraction of sp³-hybridized carbons (Fsp3) is 0.545. The first kappa shape index (κ1) is 24.5. The largest absolute Gasteiger partial charge is 0.492 e. The van der Waals surface area contributed by atoms with Crippen molar-refractivity contribution in [2.45, 2.75) is 33.2 Å². The van der Waals surface area contributed by atoms with E-state index in [2.05, 4.69) is 25.5 Å². The van der Waals surface area contributed by atoms with Gasteiger partial charge in [0.15, 0.2) is 5.96 Å². The quantitative estimate of drug-likeness (QED) is 0.238. The molecule has 0 atom stereocenters. The molecule has 1 aromatic carbocycles. The summed E-state index contributed by atoms with van der Waals surface area (Å²) in [4.78, 5) is 11.2. The molecule has 1 aliphatic heterocycles. The van der Waals surface area contributed by atoms with Gasteiger partial charge in [0.25, 0.3) is 0 Å². The van der Waals surface area contributed by atoms with Gasteiger partial charge in [-0.3, -0.25) is 9.89 Å². The van der Waals surface area contributed by atoms with Crippen LogP contribution in [0.25, 0.3) is 0 Å². The molecular weight excluding hydrogens is 493 g/mol. The van der Waals surface area contributed by atoms with E-state index >= 15 is 0 Å². The van der Waals surface area contributed by atoms with Crippen LogP contribution in [0.4, 0.5) is 0 Å². The zero-order valence-electron chi connectivity index (χ0n) is 18.2. The van der Waals surface area contributed by atoms with Gasteiger partial charge in [0, 0.05) is 13.6 Å². The molecule has 2 heterocycles. The second kappa shape index (κ2) is 12.8. The normalized spacial score (nSPS) is 15.5. The lowest BCUT2D eigenvalue weighted by Crippen LogP contribution is -2.43. The fourth-order valence-corrected chi connectivity index (χ4v) is 3.46. The van der Waals surface area contributed by atoms with Crippen LogP contribution in [0, 0.1) is 19.8 Å². The van der Waals surface area contributed by atoms with Gasteiger partial charge >= 0.3 is 0 Å². The molecule has 0 radical (unpaired) electrons. The maximum atomic E-state index is 5.71. The number of likely N-dealkylation sites (tertiary alicyclic amines) is 1. The Hall–Kier alpha value is -1.81. The molecule has 1 aromatic heterocycles. The number of halogens is 1. The third-order valence-corrected chi connectivity index (χ3v) is 5.33. The summed E-state index contributed by atoms with van der Waals surface area (Å²) >= 11 is 0. The Bertz CT molecular complexity index is 754. The van der Waals surface area contributed by atoms with Crippen LogP contribution in [0.3, 0.4) is 0 Å². The van der Waals surface area contributed by atoms with E-state index in [1.807, 2.05) is 44.2 Å². The van der Waals surface area contributed by atoms with Crippen molar-refractivity contribution in [1.82, 2.24) is 20.5 Å². The van der Waals surface area contributed by atoms with E-state index < -0.39 is 0 Å². The lowest BCUT2D eigenvalue weighted by atomic mass is 9.97. The average molecular weight is 527 g/mol. The standard InChI is InChI=1S/C22H33N5O2.HI/c1-17-18(2)29-21(26-17)16-27-12-9-19(10-13-27)15-25-22(23-3)24-11-14-28-20-7-5-4-6-8-20;/h4-8,19H,9-16H2,1-3H3,(H2,23,24,25);1H. The first-order valence-corrected chi connectivity index (χ1v) is 10.4. The minimum Gasteiger partial charge on any atom is -0.492 e. The van der Waals surface area contributed by atoms with Crippen LogP contribution in [0.15, 0.2) is 39.7 Å². The molecule has 3 rings (SSSR count). The number of ether oxygens (including phenoxy) is 1. The molecule has 0 spiro atoms. The lowest BCUT2D eigenvalue weighted by molar-refractivity contribution is 0.164.